The number of hydrogen-bond acceptors (Lipinski definition) is 12. The van der Waals surface area contributed by atoms with Crippen molar-refractivity contribution in [1.29, 1.82) is 5.41 Å². The molecule has 44 heavy (non-hydrogen) atoms. The second-order valence-corrected chi connectivity index (χ2v) is 14.5. The van der Waals surface area contributed by atoms with Crippen LogP contribution in [-0.4, -0.2) is 79.9 Å². The molecular formula is C30H35BrN9O3P. The molecule has 230 valence electrons. The number of ether oxygens (including phenoxy) is 2. The van der Waals surface area contributed by atoms with Gasteiger partial charge in [0.15, 0.2) is 0 Å². The molecule has 4 aromatic rings. The molecule has 5 rings (SSSR count). The van der Waals surface area contributed by atoms with Crippen molar-refractivity contribution in [3.63, 3.8) is 0 Å². The number of aryl methyl sites for hydroxylation is 1. The van der Waals surface area contributed by atoms with Crippen molar-refractivity contribution in [2.45, 2.75) is 6.92 Å². The molecule has 0 bridgehead atoms. The van der Waals surface area contributed by atoms with Crippen molar-refractivity contribution >= 4 is 80.0 Å². The fourth-order valence-electron chi connectivity index (χ4n) is 5.17. The first-order chi connectivity index (χ1) is 21.1. The van der Waals surface area contributed by atoms with E-state index in [2.05, 4.69) is 51.7 Å². The van der Waals surface area contributed by atoms with Crippen LogP contribution in [0.3, 0.4) is 0 Å². The van der Waals surface area contributed by atoms with Crippen LogP contribution >= 0.6 is 23.1 Å². The summed E-state index contributed by atoms with van der Waals surface area (Å²) in [6.45, 7) is 8.07. The van der Waals surface area contributed by atoms with Crippen molar-refractivity contribution < 1.29 is 14.0 Å². The van der Waals surface area contributed by atoms with Crippen LogP contribution in [-0.2, 0) is 9.30 Å². The zero-order valence-electron chi connectivity index (χ0n) is 25.2. The minimum Gasteiger partial charge on any atom is -0.494 e. The number of anilines is 5. The molecule has 14 heteroatoms. The smallest absolute Gasteiger partial charge is 0.229 e. The SMILES string of the molecule is CN/C=C(\C=N)c1cc(Nc2ncc(Br)c(Nc3cc(C)c4nccnc4c3P(C)(C)=O)n2)c(OC)cc1N1CCOCC1. The van der Waals surface area contributed by atoms with Crippen molar-refractivity contribution in [2.24, 2.45) is 0 Å². The van der Waals surface area contributed by atoms with Crippen molar-refractivity contribution in [3.8, 4) is 5.75 Å². The number of fused-ring (bicyclic) bond motifs is 1. The van der Waals surface area contributed by atoms with E-state index in [9.17, 15) is 4.57 Å². The molecule has 3 heterocycles. The quantitative estimate of drug-likeness (QED) is 0.128. The zero-order chi connectivity index (χ0) is 31.4. The highest BCUT2D eigenvalue weighted by Crippen LogP contribution is 2.42. The summed E-state index contributed by atoms with van der Waals surface area (Å²) in [5, 5.41) is 18.4. The van der Waals surface area contributed by atoms with E-state index in [1.54, 1.807) is 52.3 Å². The standard InChI is InChI=1S/C30H35BrN9O3P/c1-18-12-23(28(44(4,5)41)27-26(18)34-6-7-35-27)37-29-21(31)17-36-30(39-29)38-22-13-20(19(15-32)16-33-2)24(14-25(22)42-3)40-8-10-43-11-9-40/h6-7,12-17,32-33H,8-11H2,1-5H3,(H2,36,37,38,39)/b19-16+,32-15?. The maximum Gasteiger partial charge on any atom is 0.229 e. The Morgan fingerprint density at radius 3 is 2.48 bits per heavy atom. The lowest BCUT2D eigenvalue weighted by Crippen LogP contribution is -2.36. The van der Waals surface area contributed by atoms with Crippen LogP contribution in [0.1, 0.15) is 11.1 Å². The van der Waals surface area contributed by atoms with Crippen molar-refractivity contribution in [3.05, 3.63) is 58.6 Å². The summed E-state index contributed by atoms with van der Waals surface area (Å²) in [6, 6.07) is 5.81. The number of halogens is 1. The van der Waals surface area contributed by atoms with Crippen LogP contribution in [0.2, 0.25) is 0 Å². The predicted octanol–water partition coefficient (Wildman–Crippen LogP) is 5.28. The molecule has 2 aromatic heterocycles. The molecular weight excluding hydrogens is 645 g/mol. The molecule has 0 spiro atoms. The van der Waals surface area contributed by atoms with E-state index in [-0.39, 0.29) is 0 Å². The minimum atomic E-state index is -2.79. The molecule has 0 atom stereocenters. The van der Waals surface area contributed by atoms with Gasteiger partial charge in [-0.1, -0.05) is 0 Å². The number of nitrogens with zero attached hydrogens (tertiary/aromatic N) is 5. The topological polar surface area (TPSA) is 150 Å². The fourth-order valence-corrected chi connectivity index (χ4v) is 6.83. The Bertz CT molecular complexity index is 1790. The van der Waals surface area contributed by atoms with Crippen LogP contribution in [0.5, 0.6) is 5.75 Å². The minimum absolute atomic E-state index is 0.308. The Morgan fingerprint density at radius 2 is 1.82 bits per heavy atom. The van der Waals surface area contributed by atoms with Gasteiger partial charge in [0, 0.05) is 74.0 Å². The maximum atomic E-state index is 13.5. The van der Waals surface area contributed by atoms with Gasteiger partial charge in [0.05, 0.1) is 47.0 Å². The summed E-state index contributed by atoms with van der Waals surface area (Å²) in [6.07, 6.45) is 7.98. The number of aromatic nitrogens is 4. The van der Waals surface area contributed by atoms with Gasteiger partial charge in [0.1, 0.15) is 24.2 Å². The Kier molecular flexibility index (Phi) is 9.48. The molecule has 0 radical (unpaired) electrons. The first-order valence-electron chi connectivity index (χ1n) is 13.9. The summed E-state index contributed by atoms with van der Waals surface area (Å²) < 4.78 is 25.5. The molecule has 1 aliphatic rings. The van der Waals surface area contributed by atoms with Crippen LogP contribution in [0.15, 0.2) is 47.5 Å². The molecule has 1 aliphatic heterocycles. The second kappa shape index (κ2) is 13.3. The van der Waals surface area contributed by atoms with Crippen molar-refractivity contribution in [1.82, 2.24) is 25.3 Å². The average molecular weight is 681 g/mol. The molecule has 1 fully saturated rings. The van der Waals surface area contributed by atoms with E-state index in [0.29, 0.717) is 68.5 Å². The second-order valence-electron chi connectivity index (χ2n) is 10.5. The number of nitrogens with one attached hydrogen (secondary N) is 4. The first-order valence-corrected chi connectivity index (χ1v) is 17.3. The molecule has 2 aromatic carbocycles. The molecule has 0 saturated carbocycles. The zero-order valence-corrected chi connectivity index (χ0v) is 27.7. The van der Waals surface area contributed by atoms with Crippen LogP contribution in [0.25, 0.3) is 16.6 Å². The van der Waals surface area contributed by atoms with E-state index in [1.165, 1.54) is 6.21 Å². The summed E-state index contributed by atoms with van der Waals surface area (Å²) in [7, 11) is 0.625. The maximum absolute atomic E-state index is 13.5. The molecule has 0 unspecified atom stereocenters. The van der Waals surface area contributed by atoms with Gasteiger partial charge < -0.3 is 40.3 Å². The van der Waals surface area contributed by atoms with Gasteiger partial charge in [-0.15, -0.1) is 0 Å². The van der Waals surface area contributed by atoms with Gasteiger partial charge in [-0.2, -0.15) is 4.98 Å². The Labute approximate surface area is 264 Å². The van der Waals surface area contributed by atoms with Gasteiger partial charge in [0.25, 0.3) is 0 Å². The lowest BCUT2D eigenvalue weighted by atomic mass is 10.0. The van der Waals surface area contributed by atoms with E-state index in [1.807, 2.05) is 25.1 Å². The predicted molar refractivity (Wildman–Crippen MR) is 182 cm³/mol. The van der Waals surface area contributed by atoms with Crippen LogP contribution < -0.4 is 30.9 Å². The molecule has 0 aliphatic carbocycles. The highest BCUT2D eigenvalue weighted by atomic mass is 79.9. The fraction of sp³-hybridized carbons (Fsp3) is 0.300. The van der Waals surface area contributed by atoms with E-state index in [0.717, 1.165) is 29.9 Å². The summed E-state index contributed by atoms with van der Waals surface area (Å²) in [4.78, 5) is 20.5. The highest BCUT2D eigenvalue weighted by molar-refractivity contribution is 9.10. The van der Waals surface area contributed by atoms with Gasteiger partial charge in [0.2, 0.25) is 5.95 Å². The molecule has 1 saturated heterocycles. The summed E-state index contributed by atoms with van der Waals surface area (Å²) >= 11 is 3.56. The van der Waals surface area contributed by atoms with E-state index >= 15 is 0 Å². The van der Waals surface area contributed by atoms with Crippen molar-refractivity contribution in [2.75, 3.05) is 69.3 Å². The Morgan fingerprint density at radius 1 is 1.09 bits per heavy atom. The first kappa shape index (κ1) is 31.4. The number of allylic oxidation sites excluding steroid dienone is 1. The number of methoxy groups -OCH3 is 1. The van der Waals surface area contributed by atoms with Gasteiger partial charge in [-0.25, -0.2) is 4.98 Å². The third-order valence-electron chi connectivity index (χ3n) is 7.13. The normalized spacial score (nSPS) is 14.0. The summed E-state index contributed by atoms with van der Waals surface area (Å²) in [5.41, 5.74) is 5.94. The van der Waals surface area contributed by atoms with Gasteiger partial charge >= 0.3 is 0 Å². The number of rotatable bonds is 10. The third-order valence-corrected chi connectivity index (χ3v) is 9.24. The summed E-state index contributed by atoms with van der Waals surface area (Å²) in [5.74, 6) is 1.37. The Balaban J connectivity index is 1.56. The van der Waals surface area contributed by atoms with Gasteiger partial charge in [-0.3, -0.25) is 9.97 Å². The monoisotopic (exact) mass is 679 g/mol. The highest BCUT2D eigenvalue weighted by Gasteiger charge is 2.24. The number of hydrogen-bond donors (Lipinski definition) is 4. The molecule has 4 N–H and O–H groups in total. The lowest BCUT2D eigenvalue weighted by Gasteiger charge is -2.31. The molecule has 12 nitrogen and oxygen atoms in total. The number of morpholine rings is 1. The largest absolute Gasteiger partial charge is 0.494 e. The van der Waals surface area contributed by atoms with Crippen LogP contribution in [0.4, 0.5) is 28.8 Å². The molecule has 0 amide bonds. The van der Waals surface area contributed by atoms with E-state index < -0.39 is 7.14 Å². The van der Waals surface area contributed by atoms with Crippen LogP contribution in [0, 0.1) is 12.3 Å². The Hall–Kier alpha value is -4.06. The third kappa shape index (κ3) is 6.54. The average Bonchev–Trinajstić information content (AvgIpc) is 3.01. The van der Waals surface area contributed by atoms with E-state index in [4.69, 9.17) is 19.9 Å². The number of benzene rings is 2. The van der Waals surface area contributed by atoms with Gasteiger partial charge in [-0.05, 0) is 53.9 Å². The lowest BCUT2D eigenvalue weighted by molar-refractivity contribution is 0.122.